The molecular formula is C9H9N3O6. The van der Waals surface area contributed by atoms with Gasteiger partial charge < -0.3 is 0 Å². The summed E-state index contributed by atoms with van der Waals surface area (Å²) in [4.78, 5) is 64.0. The second kappa shape index (κ2) is 5.94. The Bertz CT molecular complexity index is 353. The average molecular weight is 255 g/mol. The fraction of sp³-hybridized carbons (Fsp3) is 0.667. The summed E-state index contributed by atoms with van der Waals surface area (Å²) in [5.41, 5.74) is 0. The summed E-state index contributed by atoms with van der Waals surface area (Å²) in [6.07, 6.45) is -0.215. The molecule has 0 radical (unpaired) electrons. The van der Waals surface area contributed by atoms with Gasteiger partial charge in [-0.15, -0.1) is 14.7 Å². The molecule has 1 fully saturated rings. The number of nitrogens with zero attached hydrogens (tertiary/aromatic N) is 3. The molecule has 0 unspecified atom stereocenters. The number of carbonyl (C=O) groups excluding carboxylic acids is 3. The molecule has 9 heteroatoms. The van der Waals surface area contributed by atoms with Gasteiger partial charge in [0.1, 0.15) is 0 Å². The summed E-state index contributed by atoms with van der Waals surface area (Å²) in [5, 5.41) is 6.67. The van der Waals surface area contributed by atoms with Crippen LogP contribution in [0.25, 0.3) is 0 Å². The van der Waals surface area contributed by atoms with Crippen molar-refractivity contribution < 1.29 is 14.4 Å². The van der Waals surface area contributed by atoms with Crippen molar-refractivity contribution in [1.29, 1.82) is 0 Å². The molecule has 0 aromatic carbocycles. The van der Waals surface area contributed by atoms with Crippen LogP contribution >= 0.6 is 0 Å². The molecule has 18 heavy (non-hydrogen) atoms. The summed E-state index contributed by atoms with van der Waals surface area (Å²) >= 11 is 0. The molecule has 0 bridgehead atoms. The third-order valence-electron chi connectivity index (χ3n) is 3.02. The molecule has 1 aliphatic carbocycles. The minimum absolute atomic E-state index is 0.0716. The van der Waals surface area contributed by atoms with Crippen LogP contribution in [0.3, 0.4) is 0 Å². The Labute approximate surface area is 100 Å². The highest BCUT2D eigenvalue weighted by molar-refractivity contribution is 5.86. The standard InChI is InChI=1S/C9H9N3O6/c13-7(10-16)4-1-5(8(14)11-17)3-6(2-4)9(15)12-18/h4-6H,1-3H2. The zero-order valence-electron chi connectivity index (χ0n) is 9.14. The molecule has 1 rings (SSSR count). The normalized spacial score (nSPS) is 27.0. The molecule has 0 heterocycles. The van der Waals surface area contributed by atoms with Crippen molar-refractivity contribution in [2.75, 3.05) is 0 Å². The number of rotatable bonds is 3. The third kappa shape index (κ3) is 2.93. The second-order valence-electron chi connectivity index (χ2n) is 4.09. The number of hydrogen-bond acceptors (Lipinski definition) is 6. The Hall–Kier alpha value is -2.19. The predicted molar refractivity (Wildman–Crippen MR) is 56.7 cm³/mol. The van der Waals surface area contributed by atoms with Gasteiger partial charge in [-0.3, -0.25) is 14.4 Å². The average Bonchev–Trinajstić information content (AvgIpc) is 2.43. The van der Waals surface area contributed by atoms with Crippen LogP contribution in [-0.2, 0) is 14.4 Å². The first-order valence-electron chi connectivity index (χ1n) is 5.15. The fourth-order valence-corrected chi connectivity index (χ4v) is 2.15. The van der Waals surface area contributed by atoms with E-state index in [1.54, 1.807) is 0 Å². The molecule has 1 saturated carbocycles. The van der Waals surface area contributed by atoms with Crippen LogP contribution in [0.2, 0.25) is 0 Å². The number of carbonyl (C=O) groups is 3. The summed E-state index contributed by atoms with van der Waals surface area (Å²) < 4.78 is 0. The number of amides is 3. The first-order chi connectivity index (χ1) is 8.53. The maximum Gasteiger partial charge on any atom is 0.289 e. The van der Waals surface area contributed by atoms with Gasteiger partial charge >= 0.3 is 0 Å². The van der Waals surface area contributed by atoms with Gasteiger partial charge in [0.05, 0.1) is 0 Å². The van der Waals surface area contributed by atoms with E-state index in [-0.39, 0.29) is 19.3 Å². The minimum atomic E-state index is -1.01. The third-order valence-corrected chi connectivity index (χ3v) is 3.02. The smallest absolute Gasteiger partial charge is 0.269 e. The number of hydrogen-bond donors (Lipinski definition) is 0. The second-order valence-corrected chi connectivity index (χ2v) is 4.09. The highest BCUT2D eigenvalue weighted by Gasteiger charge is 2.40. The first-order valence-corrected chi connectivity index (χ1v) is 5.15. The van der Waals surface area contributed by atoms with Crippen LogP contribution in [0.1, 0.15) is 19.3 Å². The zero-order valence-corrected chi connectivity index (χ0v) is 9.14. The van der Waals surface area contributed by atoms with Crippen molar-refractivity contribution in [3.05, 3.63) is 14.7 Å². The largest absolute Gasteiger partial charge is 0.289 e. The lowest BCUT2D eigenvalue weighted by atomic mass is 9.74. The summed E-state index contributed by atoms with van der Waals surface area (Å²) in [6, 6.07) is 0. The van der Waals surface area contributed by atoms with Gasteiger partial charge in [0.25, 0.3) is 17.7 Å². The van der Waals surface area contributed by atoms with Gasteiger partial charge in [-0.05, 0) is 19.3 Å². The van der Waals surface area contributed by atoms with Crippen LogP contribution in [0, 0.1) is 32.5 Å². The van der Waals surface area contributed by atoms with E-state index >= 15 is 0 Å². The van der Waals surface area contributed by atoms with Gasteiger partial charge in [0.15, 0.2) is 0 Å². The Morgan fingerprint density at radius 1 is 0.611 bits per heavy atom. The SMILES string of the molecule is O=NC(=O)C1CC(C(=O)N=O)CC(C(=O)N=O)C1. The molecule has 0 aromatic rings. The molecule has 0 spiro atoms. The van der Waals surface area contributed by atoms with Crippen LogP contribution < -0.4 is 0 Å². The van der Waals surface area contributed by atoms with E-state index < -0.39 is 35.5 Å². The molecule has 0 atom stereocenters. The van der Waals surface area contributed by atoms with E-state index in [1.807, 2.05) is 0 Å². The van der Waals surface area contributed by atoms with Crippen LogP contribution in [0.5, 0.6) is 0 Å². The van der Waals surface area contributed by atoms with Crippen molar-refractivity contribution >= 4 is 17.7 Å². The highest BCUT2D eigenvalue weighted by Crippen LogP contribution is 2.35. The molecule has 0 N–H and O–H groups in total. The maximum atomic E-state index is 11.2. The maximum absolute atomic E-state index is 11.2. The summed E-state index contributed by atoms with van der Waals surface area (Å²) in [6.45, 7) is 0. The van der Waals surface area contributed by atoms with Crippen LogP contribution in [0.15, 0.2) is 15.5 Å². The van der Waals surface area contributed by atoms with Gasteiger partial charge in [0.2, 0.25) is 0 Å². The topological polar surface area (TPSA) is 140 Å². The fourth-order valence-electron chi connectivity index (χ4n) is 2.15. The highest BCUT2D eigenvalue weighted by atomic mass is 16.3. The van der Waals surface area contributed by atoms with Crippen LogP contribution in [-0.4, -0.2) is 17.7 Å². The lowest BCUT2D eigenvalue weighted by Gasteiger charge is -2.28. The van der Waals surface area contributed by atoms with Crippen molar-refractivity contribution in [3.8, 4) is 0 Å². The van der Waals surface area contributed by atoms with Gasteiger partial charge in [-0.1, -0.05) is 0 Å². The van der Waals surface area contributed by atoms with Crippen LogP contribution in [0.4, 0.5) is 0 Å². The summed E-state index contributed by atoms with van der Waals surface area (Å²) in [7, 11) is 0. The molecule has 0 saturated heterocycles. The van der Waals surface area contributed by atoms with E-state index in [0.717, 1.165) is 0 Å². The van der Waals surface area contributed by atoms with Crippen molar-refractivity contribution in [2.45, 2.75) is 19.3 Å². The van der Waals surface area contributed by atoms with Gasteiger partial charge in [0, 0.05) is 33.3 Å². The van der Waals surface area contributed by atoms with E-state index in [0.29, 0.717) is 0 Å². The van der Waals surface area contributed by atoms with E-state index in [9.17, 15) is 29.1 Å². The molecule has 9 nitrogen and oxygen atoms in total. The Morgan fingerprint density at radius 3 is 1.00 bits per heavy atom. The molecule has 1 aliphatic rings. The van der Waals surface area contributed by atoms with Gasteiger partial charge in [-0.2, -0.15) is 0 Å². The van der Waals surface area contributed by atoms with E-state index in [1.165, 1.54) is 0 Å². The molecular weight excluding hydrogens is 246 g/mol. The molecule has 0 aromatic heterocycles. The molecule has 96 valence electrons. The molecule has 3 amide bonds. The Balaban J connectivity index is 2.91. The van der Waals surface area contributed by atoms with Crippen molar-refractivity contribution in [3.63, 3.8) is 0 Å². The predicted octanol–water partition coefficient (Wildman–Crippen LogP) is 0.898. The first kappa shape index (κ1) is 13.9. The lowest BCUT2D eigenvalue weighted by molar-refractivity contribution is -0.131. The minimum Gasteiger partial charge on any atom is -0.269 e. The Morgan fingerprint density at radius 2 is 0.833 bits per heavy atom. The Kier molecular flexibility index (Phi) is 4.58. The zero-order chi connectivity index (χ0) is 13.7. The van der Waals surface area contributed by atoms with E-state index in [4.69, 9.17) is 0 Å². The van der Waals surface area contributed by atoms with Crippen molar-refractivity contribution in [2.24, 2.45) is 33.3 Å². The van der Waals surface area contributed by atoms with Crippen molar-refractivity contribution in [1.82, 2.24) is 0 Å². The monoisotopic (exact) mass is 255 g/mol. The van der Waals surface area contributed by atoms with E-state index in [2.05, 4.69) is 15.5 Å². The lowest BCUT2D eigenvalue weighted by Crippen LogP contribution is -2.33. The molecule has 0 aliphatic heterocycles. The quantitative estimate of drug-likeness (QED) is 0.686. The summed E-state index contributed by atoms with van der Waals surface area (Å²) in [5.74, 6) is -5.90. The number of nitroso groups, excluding NO2 is 3. The van der Waals surface area contributed by atoms with Gasteiger partial charge in [-0.25, -0.2) is 0 Å².